The van der Waals surface area contributed by atoms with E-state index in [0.717, 1.165) is 30.8 Å². The molecular formula is C16H27N4OS2+. The topological polar surface area (TPSA) is 57.6 Å². The third-order valence-corrected chi connectivity index (χ3v) is 5.40. The predicted octanol–water partition coefficient (Wildman–Crippen LogP) is 0.661. The summed E-state index contributed by atoms with van der Waals surface area (Å²) < 4.78 is 0. The molecule has 1 aliphatic carbocycles. The second-order valence-corrected chi connectivity index (χ2v) is 7.81. The van der Waals surface area contributed by atoms with Gasteiger partial charge in [0.2, 0.25) is 0 Å². The van der Waals surface area contributed by atoms with Crippen molar-refractivity contribution in [2.75, 3.05) is 27.2 Å². The number of fused-ring (bicyclic) bond motifs is 1. The third kappa shape index (κ3) is 6.08. The first-order valence-electron chi connectivity index (χ1n) is 8.31. The van der Waals surface area contributed by atoms with Gasteiger partial charge in [-0.2, -0.15) is 0 Å². The van der Waals surface area contributed by atoms with Crippen LogP contribution in [0.25, 0.3) is 0 Å². The summed E-state index contributed by atoms with van der Waals surface area (Å²) in [7, 11) is 4.17. The Kier molecular flexibility index (Phi) is 7.26. The number of hydrogen-bond donors (Lipinski definition) is 4. The Labute approximate surface area is 147 Å². The number of rotatable bonds is 4. The van der Waals surface area contributed by atoms with Gasteiger partial charge >= 0.3 is 0 Å². The average Bonchev–Trinajstić information content (AvgIpc) is 2.87. The Morgan fingerprint density at radius 3 is 2.70 bits per heavy atom. The summed E-state index contributed by atoms with van der Waals surface area (Å²) in [6.45, 7) is 1.74. The lowest BCUT2D eigenvalue weighted by Crippen LogP contribution is -3.06. The number of thiophene rings is 1. The molecule has 5 nitrogen and oxygen atoms in total. The fourth-order valence-electron chi connectivity index (χ4n) is 2.60. The molecule has 128 valence electrons. The zero-order valence-corrected chi connectivity index (χ0v) is 15.6. The van der Waals surface area contributed by atoms with Gasteiger partial charge < -0.3 is 10.2 Å². The van der Waals surface area contributed by atoms with E-state index in [1.807, 2.05) is 6.07 Å². The minimum atomic E-state index is -0.107. The zero-order valence-electron chi connectivity index (χ0n) is 14.0. The molecule has 23 heavy (non-hydrogen) atoms. The van der Waals surface area contributed by atoms with Crippen LogP contribution in [0.2, 0.25) is 0 Å². The van der Waals surface area contributed by atoms with E-state index in [1.165, 1.54) is 41.0 Å². The first-order valence-corrected chi connectivity index (χ1v) is 9.53. The van der Waals surface area contributed by atoms with E-state index in [1.54, 1.807) is 11.3 Å². The molecular weight excluding hydrogens is 328 g/mol. The van der Waals surface area contributed by atoms with Crippen molar-refractivity contribution in [2.45, 2.75) is 38.5 Å². The van der Waals surface area contributed by atoms with Gasteiger partial charge in [-0.3, -0.25) is 15.6 Å². The lowest BCUT2D eigenvalue weighted by Gasteiger charge is -2.12. The van der Waals surface area contributed by atoms with Crippen LogP contribution >= 0.6 is 23.6 Å². The van der Waals surface area contributed by atoms with Crippen LogP contribution in [-0.4, -0.2) is 38.2 Å². The molecule has 0 unspecified atom stereocenters. The van der Waals surface area contributed by atoms with Crippen molar-refractivity contribution >= 4 is 34.6 Å². The van der Waals surface area contributed by atoms with E-state index in [4.69, 9.17) is 12.2 Å². The molecule has 1 aliphatic rings. The van der Waals surface area contributed by atoms with Crippen LogP contribution in [0.4, 0.5) is 0 Å². The van der Waals surface area contributed by atoms with E-state index in [2.05, 4.69) is 30.3 Å². The molecule has 1 aromatic heterocycles. The second kappa shape index (κ2) is 9.20. The highest BCUT2D eigenvalue weighted by molar-refractivity contribution is 7.80. The molecule has 0 spiro atoms. The van der Waals surface area contributed by atoms with E-state index in [9.17, 15) is 4.79 Å². The number of carbonyl (C=O) groups excluding carboxylic acids is 1. The fraction of sp³-hybridized carbons (Fsp3) is 0.625. The van der Waals surface area contributed by atoms with E-state index >= 15 is 0 Å². The summed E-state index contributed by atoms with van der Waals surface area (Å²) in [5.41, 5.74) is 6.82. The molecule has 0 saturated heterocycles. The Morgan fingerprint density at radius 1 is 1.22 bits per heavy atom. The van der Waals surface area contributed by atoms with Gasteiger partial charge in [-0.1, -0.05) is 12.8 Å². The molecule has 1 amide bonds. The lowest BCUT2D eigenvalue weighted by atomic mass is 10.00. The Bertz CT molecular complexity index is 517. The molecule has 0 atom stereocenters. The van der Waals surface area contributed by atoms with Crippen molar-refractivity contribution < 1.29 is 9.69 Å². The summed E-state index contributed by atoms with van der Waals surface area (Å²) >= 11 is 6.77. The highest BCUT2D eigenvalue weighted by Gasteiger charge is 2.15. The van der Waals surface area contributed by atoms with Crippen LogP contribution in [0, 0.1) is 0 Å². The first-order chi connectivity index (χ1) is 11.1. The first kappa shape index (κ1) is 18.2. The number of hydrogen-bond acceptors (Lipinski definition) is 3. The van der Waals surface area contributed by atoms with E-state index in [-0.39, 0.29) is 5.91 Å². The monoisotopic (exact) mass is 355 g/mol. The van der Waals surface area contributed by atoms with Gasteiger partial charge in [0.1, 0.15) is 0 Å². The highest BCUT2D eigenvalue weighted by atomic mass is 32.1. The SMILES string of the molecule is C[NH+](C)CCNC(=S)NNC(=O)c1cc2c(s1)CCCCCC2. The van der Waals surface area contributed by atoms with Gasteiger partial charge in [0.05, 0.1) is 32.1 Å². The fourth-order valence-corrected chi connectivity index (χ4v) is 3.90. The molecule has 0 aliphatic heterocycles. The van der Waals surface area contributed by atoms with Gasteiger partial charge in [-0.05, 0) is 49.5 Å². The zero-order chi connectivity index (χ0) is 16.7. The number of likely N-dealkylation sites (N-methyl/N-ethyl adjacent to an activating group) is 1. The molecule has 0 bridgehead atoms. The van der Waals surface area contributed by atoms with Gasteiger partial charge in [0, 0.05) is 4.88 Å². The van der Waals surface area contributed by atoms with Gasteiger partial charge in [-0.15, -0.1) is 11.3 Å². The van der Waals surface area contributed by atoms with Crippen molar-refractivity contribution in [3.8, 4) is 0 Å². The minimum Gasteiger partial charge on any atom is -0.356 e. The van der Waals surface area contributed by atoms with Crippen molar-refractivity contribution in [3.05, 3.63) is 21.4 Å². The molecule has 0 saturated carbocycles. The maximum atomic E-state index is 12.3. The van der Waals surface area contributed by atoms with Gasteiger partial charge in [-0.25, -0.2) is 0 Å². The maximum absolute atomic E-state index is 12.3. The standard InChI is InChI=1S/C16H26N4OS2/c1-20(2)10-9-17-16(22)19-18-15(21)14-11-12-7-5-3-4-6-8-13(12)23-14/h11H,3-10H2,1-2H3,(H,18,21)(H2,17,19,22)/p+1. The number of amides is 1. The minimum absolute atomic E-state index is 0.107. The summed E-state index contributed by atoms with van der Waals surface area (Å²) in [5, 5.41) is 3.53. The molecule has 0 aromatic carbocycles. The number of aryl methyl sites for hydroxylation is 2. The molecule has 1 aromatic rings. The summed E-state index contributed by atoms with van der Waals surface area (Å²) in [6.07, 6.45) is 7.26. The van der Waals surface area contributed by atoms with Gasteiger partial charge in [0.25, 0.3) is 5.91 Å². The highest BCUT2D eigenvalue weighted by Crippen LogP contribution is 2.28. The largest absolute Gasteiger partial charge is 0.356 e. The number of carbonyl (C=O) groups is 1. The summed E-state index contributed by atoms with van der Waals surface area (Å²) in [6, 6.07) is 2.05. The molecule has 7 heteroatoms. The second-order valence-electron chi connectivity index (χ2n) is 6.27. The summed E-state index contributed by atoms with van der Waals surface area (Å²) in [5.74, 6) is -0.107. The van der Waals surface area contributed by atoms with Crippen LogP contribution in [0.3, 0.4) is 0 Å². The van der Waals surface area contributed by atoms with Crippen LogP contribution < -0.4 is 21.1 Å². The van der Waals surface area contributed by atoms with Crippen molar-refractivity contribution in [1.29, 1.82) is 0 Å². The Balaban J connectivity index is 1.81. The molecule has 1 heterocycles. The van der Waals surface area contributed by atoms with Crippen LogP contribution in [0.1, 0.15) is 45.8 Å². The quantitative estimate of drug-likeness (QED) is 0.473. The Morgan fingerprint density at radius 2 is 1.96 bits per heavy atom. The number of thiocarbonyl (C=S) groups is 1. The Hall–Kier alpha value is -1.18. The predicted molar refractivity (Wildman–Crippen MR) is 99.1 cm³/mol. The lowest BCUT2D eigenvalue weighted by molar-refractivity contribution is -0.856. The van der Waals surface area contributed by atoms with E-state index < -0.39 is 0 Å². The molecule has 0 fully saturated rings. The average molecular weight is 356 g/mol. The van der Waals surface area contributed by atoms with Gasteiger partial charge in [0.15, 0.2) is 5.11 Å². The number of nitrogens with one attached hydrogen (secondary N) is 4. The third-order valence-electron chi connectivity index (χ3n) is 3.92. The smallest absolute Gasteiger partial charge is 0.279 e. The van der Waals surface area contributed by atoms with Crippen LogP contribution in [-0.2, 0) is 12.8 Å². The summed E-state index contributed by atoms with van der Waals surface area (Å²) in [4.78, 5) is 15.8. The van der Waals surface area contributed by atoms with Crippen LogP contribution in [0.5, 0.6) is 0 Å². The molecule has 4 N–H and O–H groups in total. The molecule has 0 radical (unpaired) electrons. The maximum Gasteiger partial charge on any atom is 0.279 e. The van der Waals surface area contributed by atoms with Crippen LogP contribution in [0.15, 0.2) is 6.07 Å². The van der Waals surface area contributed by atoms with Crippen molar-refractivity contribution in [1.82, 2.24) is 16.2 Å². The number of quaternary nitrogens is 1. The van der Waals surface area contributed by atoms with Crippen molar-refractivity contribution in [3.63, 3.8) is 0 Å². The van der Waals surface area contributed by atoms with Crippen molar-refractivity contribution in [2.24, 2.45) is 0 Å². The number of hydrazine groups is 1. The normalized spacial score (nSPS) is 14.6. The molecule has 2 rings (SSSR count). The van der Waals surface area contributed by atoms with E-state index in [0.29, 0.717) is 5.11 Å².